The topological polar surface area (TPSA) is 37.4 Å². The molecule has 0 spiro atoms. The molecule has 1 aliphatic heterocycles. The van der Waals surface area contributed by atoms with E-state index in [-0.39, 0.29) is 12.4 Å². The molecule has 1 heterocycles. The number of amides is 1. The number of ketones is 1. The van der Waals surface area contributed by atoms with Gasteiger partial charge in [0.2, 0.25) is 0 Å². The number of anilines is 1. The van der Waals surface area contributed by atoms with Gasteiger partial charge in [-0.3, -0.25) is 9.59 Å². The van der Waals surface area contributed by atoms with Crippen molar-refractivity contribution >= 4 is 17.4 Å². The minimum absolute atomic E-state index is 0.200. The van der Waals surface area contributed by atoms with Gasteiger partial charge in [-0.25, -0.2) is 4.39 Å². The van der Waals surface area contributed by atoms with Gasteiger partial charge in [-0.2, -0.15) is 0 Å². The summed E-state index contributed by atoms with van der Waals surface area (Å²) in [6.45, 7) is 3.91. The van der Waals surface area contributed by atoms with Gasteiger partial charge in [-0.15, -0.1) is 0 Å². The average Bonchev–Trinajstić information content (AvgIpc) is 2.69. The molecule has 2 aromatic rings. The summed E-state index contributed by atoms with van der Waals surface area (Å²) in [5.41, 5.74) is 3.51. The first-order valence-electron chi connectivity index (χ1n) is 6.70. The summed E-state index contributed by atoms with van der Waals surface area (Å²) < 4.78 is 13.4. The average molecular weight is 283 g/mol. The van der Waals surface area contributed by atoms with E-state index in [4.69, 9.17) is 0 Å². The second-order valence-electron chi connectivity index (χ2n) is 5.26. The van der Waals surface area contributed by atoms with Crippen LogP contribution >= 0.6 is 0 Å². The van der Waals surface area contributed by atoms with Crippen molar-refractivity contribution in [2.75, 3.05) is 4.90 Å². The lowest BCUT2D eigenvalue weighted by Gasteiger charge is -2.19. The maximum absolute atomic E-state index is 13.4. The molecule has 1 aliphatic rings. The first-order chi connectivity index (χ1) is 9.99. The lowest BCUT2D eigenvalue weighted by atomic mass is 10.1. The van der Waals surface area contributed by atoms with Crippen molar-refractivity contribution in [1.29, 1.82) is 0 Å². The fraction of sp³-hybridized carbons (Fsp3) is 0.176. The molecule has 2 aromatic carbocycles. The molecule has 0 saturated carbocycles. The molecule has 21 heavy (non-hydrogen) atoms. The van der Waals surface area contributed by atoms with Crippen molar-refractivity contribution in [1.82, 2.24) is 0 Å². The normalized spacial score (nSPS) is 13.8. The van der Waals surface area contributed by atoms with Gasteiger partial charge in [0.25, 0.3) is 11.7 Å². The quantitative estimate of drug-likeness (QED) is 0.794. The summed E-state index contributed by atoms with van der Waals surface area (Å²) in [7, 11) is 0. The third-order valence-corrected chi connectivity index (χ3v) is 3.83. The number of aryl methyl sites for hydroxylation is 2. The van der Waals surface area contributed by atoms with E-state index in [0.29, 0.717) is 16.8 Å². The number of rotatable bonds is 2. The SMILES string of the molecule is Cc1ccc(F)cc1CN1C(=O)C(=O)c2cccc(C)c21. The van der Waals surface area contributed by atoms with Gasteiger partial charge in [0, 0.05) is 0 Å². The Morgan fingerprint density at radius 3 is 2.57 bits per heavy atom. The molecular weight excluding hydrogens is 269 g/mol. The highest BCUT2D eigenvalue weighted by molar-refractivity contribution is 6.52. The summed E-state index contributed by atoms with van der Waals surface area (Å²) in [4.78, 5) is 25.7. The number of halogens is 1. The summed E-state index contributed by atoms with van der Waals surface area (Å²) in [6, 6.07) is 9.73. The van der Waals surface area contributed by atoms with E-state index < -0.39 is 11.7 Å². The number of hydrogen-bond donors (Lipinski definition) is 0. The molecule has 1 amide bonds. The molecule has 0 unspecified atom stereocenters. The van der Waals surface area contributed by atoms with Gasteiger partial charge < -0.3 is 4.90 Å². The van der Waals surface area contributed by atoms with Crippen molar-refractivity contribution < 1.29 is 14.0 Å². The van der Waals surface area contributed by atoms with Crippen LogP contribution in [0.4, 0.5) is 10.1 Å². The number of benzene rings is 2. The molecule has 0 radical (unpaired) electrons. The first-order valence-corrected chi connectivity index (χ1v) is 6.70. The lowest BCUT2D eigenvalue weighted by Crippen LogP contribution is -2.29. The number of carbonyl (C=O) groups is 2. The van der Waals surface area contributed by atoms with Crippen LogP contribution in [0.5, 0.6) is 0 Å². The van der Waals surface area contributed by atoms with Gasteiger partial charge >= 0.3 is 0 Å². The molecule has 3 nitrogen and oxygen atoms in total. The van der Waals surface area contributed by atoms with Crippen LogP contribution in [0.1, 0.15) is 27.0 Å². The van der Waals surface area contributed by atoms with Crippen LogP contribution in [-0.4, -0.2) is 11.7 Å². The maximum atomic E-state index is 13.4. The standard InChI is InChI=1S/C17H14FNO2/c1-10-6-7-13(18)8-12(10)9-19-15-11(2)4-3-5-14(15)16(20)17(19)21/h3-8H,9H2,1-2H3. The van der Waals surface area contributed by atoms with Crippen molar-refractivity contribution in [3.8, 4) is 0 Å². The minimum Gasteiger partial charge on any atom is -0.300 e. The highest BCUT2D eigenvalue weighted by Crippen LogP contribution is 2.33. The van der Waals surface area contributed by atoms with Crippen LogP contribution in [0, 0.1) is 19.7 Å². The number of para-hydroxylation sites is 1. The van der Waals surface area contributed by atoms with Gasteiger partial charge in [-0.1, -0.05) is 18.2 Å². The van der Waals surface area contributed by atoms with Crippen molar-refractivity contribution in [3.05, 3.63) is 64.5 Å². The molecule has 106 valence electrons. The molecule has 0 saturated heterocycles. The van der Waals surface area contributed by atoms with E-state index in [9.17, 15) is 14.0 Å². The van der Waals surface area contributed by atoms with E-state index in [2.05, 4.69) is 0 Å². The Labute approximate surface area is 122 Å². The zero-order chi connectivity index (χ0) is 15.1. The van der Waals surface area contributed by atoms with Crippen molar-refractivity contribution in [3.63, 3.8) is 0 Å². The zero-order valence-corrected chi connectivity index (χ0v) is 11.8. The summed E-state index contributed by atoms with van der Waals surface area (Å²) in [5.74, 6) is -1.40. The fourth-order valence-corrected chi connectivity index (χ4v) is 2.67. The van der Waals surface area contributed by atoms with E-state index in [0.717, 1.165) is 11.1 Å². The largest absolute Gasteiger partial charge is 0.300 e. The van der Waals surface area contributed by atoms with Crippen molar-refractivity contribution in [2.45, 2.75) is 20.4 Å². The molecule has 0 aliphatic carbocycles. The second kappa shape index (κ2) is 4.81. The lowest BCUT2D eigenvalue weighted by molar-refractivity contribution is -0.114. The maximum Gasteiger partial charge on any atom is 0.299 e. The number of fused-ring (bicyclic) bond motifs is 1. The number of carbonyl (C=O) groups excluding carboxylic acids is 2. The van der Waals surface area contributed by atoms with Gasteiger partial charge in [0.1, 0.15) is 5.82 Å². The van der Waals surface area contributed by atoms with E-state index in [1.54, 1.807) is 18.2 Å². The Hall–Kier alpha value is -2.49. The molecule has 0 atom stereocenters. The Morgan fingerprint density at radius 2 is 1.81 bits per heavy atom. The molecule has 0 fully saturated rings. The van der Waals surface area contributed by atoms with Gasteiger partial charge in [0.05, 0.1) is 17.8 Å². The third-order valence-electron chi connectivity index (χ3n) is 3.83. The number of nitrogens with zero attached hydrogens (tertiary/aromatic N) is 1. The Morgan fingerprint density at radius 1 is 1.05 bits per heavy atom. The second-order valence-corrected chi connectivity index (χ2v) is 5.26. The monoisotopic (exact) mass is 283 g/mol. The predicted molar refractivity (Wildman–Crippen MR) is 77.8 cm³/mol. The van der Waals surface area contributed by atoms with Crippen LogP contribution in [0.25, 0.3) is 0 Å². The molecule has 4 heteroatoms. The van der Waals surface area contributed by atoms with Gasteiger partial charge in [0.15, 0.2) is 0 Å². The van der Waals surface area contributed by atoms with Crippen molar-refractivity contribution in [2.24, 2.45) is 0 Å². The highest BCUT2D eigenvalue weighted by Gasteiger charge is 2.36. The Balaban J connectivity index is 2.06. The minimum atomic E-state index is -0.553. The highest BCUT2D eigenvalue weighted by atomic mass is 19.1. The predicted octanol–water partition coefficient (Wildman–Crippen LogP) is 3.17. The zero-order valence-electron chi connectivity index (χ0n) is 11.8. The fourth-order valence-electron chi connectivity index (χ4n) is 2.67. The van der Waals surface area contributed by atoms with E-state index in [1.165, 1.54) is 17.0 Å². The summed E-state index contributed by atoms with van der Waals surface area (Å²) >= 11 is 0. The van der Waals surface area contributed by atoms with E-state index in [1.807, 2.05) is 19.9 Å². The summed E-state index contributed by atoms with van der Waals surface area (Å²) in [6.07, 6.45) is 0. The van der Waals surface area contributed by atoms with Crippen LogP contribution in [0.3, 0.4) is 0 Å². The number of hydrogen-bond acceptors (Lipinski definition) is 2. The first kappa shape index (κ1) is 13.5. The molecule has 0 aromatic heterocycles. The van der Waals surface area contributed by atoms with Gasteiger partial charge in [-0.05, 0) is 48.7 Å². The molecule has 3 rings (SSSR count). The third kappa shape index (κ3) is 2.13. The van der Waals surface area contributed by atoms with Crippen LogP contribution in [0.2, 0.25) is 0 Å². The molecular formula is C17H14FNO2. The molecule has 0 N–H and O–H groups in total. The molecule has 0 bridgehead atoms. The Bertz CT molecular complexity index is 767. The van der Waals surface area contributed by atoms with Crippen LogP contribution in [-0.2, 0) is 11.3 Å². The van der Waals surface area contributed by atoms with Crippen LogP contribution in [0.15, 0.2) is 36.4 Å². The number of Topliss-reactive ketones (excluding diaryl/α,β-unsaturated/α-hetero) is 1. The van der Waals surface area contributed by atoms with E-state index >= 15 is 0 Å². The summed E-state index contributed by atoms with van der Waals surface area (Å²) in [5, 5.41) is 0. The smallest absolute Gasteiger partial charge is 0.299 e. The Kier molecular flexibility index (Phi) is 3.09. The van der Waals surface area contributed by atoms with Crippen LogP contribution < -0.4 is 4.90 Å².